The summed E-state index contributed by atoms with van der Waals surface area (Å²) in [6, 6.07) is 2.15. The first-order valence-corrected chi connectivity index (χ1v) is 7.91. The predicted octanol–water partition coefficient (Wildman–Crippen LogP) is 3.46. The smallest absolute Gasteiger partial charge is 0.264 e. The van der Waals surface area contributed by atoms with Crippen molar-refractivity contribution in [1.82, 2.24) is 15.1 Å². The molecule has 3 heterocycles. The third kappa shape index (κ3) is 2.26. The van der Waals surface area contributed by atoms with Gasteiger partial charge in [0.15, 0.2) is 0 Å². The van der Waals surface area contributed by atoms with E-state index in [2.05, 4.69) is 10.2 Å². The number of aryl methyl sites for hydroxylation is 2. The summed E-state index contributed by atoms with van der Waals surface area (Å²) in [6.07, 6.45) is 5.10. The predicted molar refractivity (Wildman–Crippen MR) is 80.0 cm³/mol. The first-order valence-electron chi connectivity index (χ1n) is 7.03. The molecule has 1 aliphatic rings. The first-order chi connectivity index (χ1) is 9.68. The van der Waals surface area contributed by atoms with E-state index in [1.807, 2.05) is 36.4 Å². The van der Waals surface area contributed by atoms with E-state index in [-0.39, 0.29) is 11.9 Å². The second-order valence-corrected chi connectivity index (χ2v) is 6.33. The number of carbonyl (C=O) groups is 1. The van der Waals surface area contributed by atoms with Crippen LogP contribution >= 0.6 is 11.3 Å². The van der Waals surface area contributed by atoms with Crippen LogP contribution in [0.15, 0.2) is 17.6 Å². The highest BCUT2D eigenvalue weighted by Crippen LogP contribution is 2.33. The lowest BCUT2D eigenvalue weighted by Crippen LogP contribution is -2.38. The first kappa shape index (κ1) is 13.4. The van der Waals surface area contributed by atoms with Crippen LogP contribution in [0, 0.1) is 13.8 Å². The van der Waals surface area contributed by atoms with Crippen molar-refractivity contribution in [3.63, 3.8) is 0 Å². The lowest BCUT2D eigenvalue weighted by Gasteiger charge is -2.35. The molecule has 1 N–H and O–H groups in total. The molecule has 1 atom stereocenters. The van der Waals surface area contributed by atoms with E-state index in [1.165, 1.54) is 11.3 Å². The maximum Gasteiger partial charge on any atom is 0.264 e. The molecular formula is C15H19N3OS. The van der Waals surface area contributed by atoms with Crippen LogP contribution in [-0.2, 0) is 0 Å². The molecular weight excluding hydrogens is 270 g/mol. The zero-order valence-electron chi connectivity index (χ0n) is 11.8. The molecule has 1 amide bonds. The van der Waals surface area contributed by atoms with Gasteiger partial charge < -0.3 is 4.90 Å². The fourth-order valence-electron chi connectivity index (χ4n) is 2.89. The Labute approximate surface area is 122 Å². The van der Waals surface area contributed by atoms with Crippen LogP contribution in [-0.4, -0.2) is 27.5 Å². The van der Waals surface area contributed by atoms with Crippen LogP contribution in [0.2, 0.25) is 0 Å². The number of aromatic nitrogens is 2. The van der Waals surface area contributed by atoms with Crippen molar-refractivity contribution >= 4 is 17.2 Å². The molecule has 5 heteroatoms. The average Bonchev–Trinajstić information content (AvgIpc) is 3.06. The van der Waals surface area contributed by atoms with Gasteiger partial charge in [0.25, 0.3) is 5.91 Å². The number of carbonyl (C=O) groups excluding carboxylic acids is 1. The van der Waals surface area contributed by atoms with Crippen LogP contribution in [0.5, 0.6) is 0 Å². The summed E-state index contributed by atoms with van der Waals surface area (Å²) >= 11 is 1.54. The maximum absolute atomic E-state index is 12.8. The second kappa shape index (κ2) is 5.40. The zero-order chi connectivity index (χ0) is 14.1. The van der Waals surface area contributed by atoms with Crippen molar-refractivity contribution in [3.8, 4) is 0 Å². The van der Waals surface area contributed by atoms with E-state index in [9.17, 15) is 4.79 Å². The molecule has 0 unspecified atom stereocenters. The summed E-state index contributed by atoms with van der Waals surface area (Å²) < 4.78 is 0. The van der Waals surface area contributed by atoms with Gasteiger partial charge in [0, 0.05) is 6.54 Å². The van der Waals surface area contributed by atoms with Gasteiger partial charge in [0.1, 0.15) is 0 Å². The molecule has 20 heavy (non-hydrogen) atoms. The Morgan fingerprint density at radius 3 is 2.90 bits per heavy atom. The fraction of sp³-hybridized carbons (Fsp3) is 0.467. The largest absolute Gasteiger partial charge is 0.329 e. The number of rotatable bonds is 2. The van der Waals surface area contributed by atoms with Gasteiger partial charge in [-0.3, -0.25) is 9.89 Å². The third-order valence-electron chi connectivity index (χ3n) is 4.02. The van der Waals surface area contributed by atoms with Crippen LogP contribution in [0.4, 0.5) is 0 Å². The number of hydrogen-bond donors (Lipinski definition) is 1. The molecule has 106 valence electrons. The molecule has 1 fully saturated rings. The minimum absolute atomic E-state index is 0.139. The van der Waals surface area contributed by atoms with Crippen molar-refractivity contribution in [1.29, 1.82) is 0 Å². The molecule has 4 nitrogen and oxygen atoms in total. The maximum atomic E-state index is 12.8. The number of piperidine rings is 1. The molecule has 2 aromatic heterocycles. The Bertz CT molecular complexity index is 616. The van der Waals surface area contributed by atoms with Gasteiger partial charge in [-0.05, 0) is 55.7 Å². The molecule has 3 rings (SSSR count). The molecule has 1 aliphatic heterocycles. The van der Waals surface area contributed by atoms with E-state index >= 15 is 0 Å². The Morgan fingerprint density at radius 2 is 2.25 bits per heavy atom. The van der Waals surface area contributed by atoms with Crippen LogP contribution < -0.4 is 0 Å². The lowest BCUT2D eigenvalue weighted by molar-refractivity contribution is 0.0610. The summed E-state index contributed by atoms with van der Waals surface area (Å²) in [5.74, 6) is 0.163. The van der Waals surface area contributed by atoms with Crippen molar-refractivity contribution < 1.29 is 4.79 Å². The molecule has 0 aliphatic carbocycles. The number of likely N-dealkylation sites (tertiary alicyclic amines) is 1. The van der Waals surface area contributed by atoms with E-state index in [0.717, 1.165) is 47.5 Å². The van der Waals surface area contributed by atoms with Gasteiger partial charge in [-0.25, -0.2) is 0 Å². The summed E-state index contributed by atoms with van der Waals surface area (Å²) in [6.45, 7) is 4.88. The molecule has 0 aromatic carbocycles. The second-order valence-electron chi connectivity index (χ2n) is 5.41. The topological polar surface area (TPSA) is 49.0 Å². The van der Waals surface area contributed by atoms with Gasteiger partial charge in [0.05, 0.1) is 22.8 Å². The average molecular weight is 289 g/mol. The van der Waals surface area contributed by atoms with Crippen LogP contribution in [0.3, 0.4) is 0 Å². The summed E-state index contributed by atoms with van der Waals surface area (Å²) in [5.41, 5.74) is 3.30. The number of aromatic amines is 1. The van der Waals surface area contributed by atoms with Crippen molar-refractivity contribution in [2.75, 3.05) is 6.54 Å². The Morgan fingerprint density at radius 1 is 1.40 bits per heavy atom. The molecule has 0 saturated carbocycles. The highest BCUT2D eigenvalue weighted by molar-refractivity contribution is 7.12. The molecule has 1 saturated heterocycles. The number of thiophene rings is 1. The van der Waals surface area contributed by atoms with Crippen LogP contribution in [0.1, 0.15) is 51.8 Å². The highest BCUT2D eigenvalue weighted by Gasteiger charge is 2.31. The number of H-pyrrole nitrogens is 1. The number of nitrogens with one attached hydrogen (secondary N) is 1. The Kier molecular flexibility index (Phi) is 3.61. The number of nitrogens with zero attached hydrogens (tertiary/aromatic N) is 2. The van der Waals surface area contributed by atoms with Gasteiger partial charge in [-0.15, -0.1) is 11.3 Å². The monoisotopic (exact) mass is 289 g/mol. The minimum atomic E-state index is 0.139. The fourth-order valence-corrected chi connectivity index (χ4v) is 3.77. The number of hydrogen-bond acceptors (Lipinski definition) is 3. The number of amides is 1. The summed E-state index contributed by atoms with van der Waals surface area (Å²) in [4.78, 5) is 15.7. The Hall–Kier alpha value is -1.62. The standard InChI is InChI=1S/C15H19N3OS/c1-10-6-8-20-14(10)15(19)18-7-4-3-5-12(18)13-11(2)9-16-17-13/h6,8-9,12H,3-5,7H2,1-2H3,(H,16,17)/t12-/m1/s1. The van der Waals surface area contributed by atoms with Crippen molar-refractivity contribution in [2.45, 2.75) is 39.2 Å². The lowest BCUT2D eigenvalue weighted by atomic mass is 9.97. The van der Waals surface area contributed by atoms with Crippen LogP contribution in [0.25, 0.3) is 0 Å². The molecule has 0 spiro atoms. The SMILES string of the molecule is Cc1cn[nH]c1[C@H]1CCCCN1C(=O)c1sccc1C. The third-order valence-corrected chi connectivity index (χ3v) is 5.03. The van der Waals surface area contributed by atoms with Gasteiger partial charge in [-0.2, -0.15) is 5.10 Å². The van der Waals surface area contributed by atoms with Crippen molar-refractivity contribution in [2.24, 2.45) is 0 Å². The highest BCUT2D eigenvalue weighted by atomic mass is 32.1. The summed E-state index contributed by atoms with van der Waals surface area (Å²) in [7, 11) is 0. The van der Waals surface area contributed by atoms with E-state index in [0.29, 0.717) is 0 Å². The van der Waals surface area contributed by atoms with E-state index < -0.39 is 0 Å². The molecule has 2 aromatic rings. The van der Waals surface area contributed by atoms with Gasteiger partial charge >= 0.3 is 0 Å². The van der Waals surface area contributed by atoms with E-state index in [4.69, 9.17) is 0 Å². The Balaban J connectivity index is 1.92. The van der Waals surface area contributed by atoms with Crippen molar-refractivity contribution in [3.05, 3.63) is 39.3 Å². The quantitative estimate of drug-likeness (QED) is 0.920. The van der Waals surface area contributed by atoms with Gasteiger partial charge in [-0.1, -0.05) is 0 Å². The zero-order valence-corrected chi connectivity index (χ0v) is 12.7. The summed E-state index contributed by atoms with van der Waals surface area (Å²) in [5, 5.41) is 9.18. The molecule has 0 radical (unpaired) electrons. The van der Waals surface area contributed by atoms with Gasteiger partial charge in [0.2, 0.25) is 0 Å². The minimum Gasteiger partial charge on any atom is -0.329 e. The van der Waals surface area contributed by atoms with E-state index in [1.54, 1.807) is 0 Å². The molecule has 0 bridgehead atoms. The normalized spacial score (nSPS) is 19.3.